The molecular weight excluding hydrogens is 232 g/mol. The number of amides is 1. The topological polar surface area (TPSA) is 63.5 Å². The van der Waals surface area contributed by atoms with Crippen LogP contribution in [0, 0.1) is 0 Å². The van der Waals surface area contributed by atoms with E-state index in [1.807, 2.05) is 24.3 Å². The fraction of sp³-hybridized carbons (Fsp3) is 0.154. The molecule has 0 radical (unpaired) electrons. The van der Waals surface area contributed by atoms with Gasteiger partial charge in [-0.3, -0.25) is 4.79 Å². The maximum absolute atomic E-state index is 12.0. The lowest BCUT2D eigenvalue weighted by molar-refractivity contribution is -0.117. The van der Waals surface area contributed by atoms with E-state index in [0.29, 0.717) is 5.69 Å². The van der Waals surface area contributed by atoms with Crippen LogP contribution in [0.4, 0.5) is 11.4 Å². The van der Waals surface area contributed by atoms with Gasteiger partial charge in [0.1, 0.15) is 30.0 Å². The van der Waals surface area contributed by atoms with Gasteiger partial charge >= 0.3 is 0 Å². The highest BCUT2D eigenvalue weighted by atomic mass is 16.5. The number of benzene rings is 1. The number of hydrogen-bond acceptors (Lipinski definition) is 4. The summed E-state index contributed by atoms with van der Waals surface area (Å²) in [7, 11) is 1.61. The summed E-state index contributed by atoms with van der Waals surface area (Å²) in [6.07, 6.45) is 3.08. The van der Waals surface area contributed by atoms with E-state index in [2.05, 4.69) is 10.6 Å². The highest BCUT2D eigenvalue weighted by Gasteiger charge is 2.27. The first kappa shape index (κ1) is 10.7. The van der Waals surface area contributed by atoms with Crippen LogP contribution < -0.4 is 15.4 Å². The Hall–Kier alpha value is -2.43. The lowest BCUT2D eigenvalue weighted by Crippen LogP contribution is -2.31. The monoisotopic (exact) mass is 244 g/mol. The van der Waals surface area contributed by atoms with Gasteiger partial charge in [0.15, 0.2) is 0 Å². The molecule has 1 atom stereocenters. The van der Waals surface area contributed by atoms with Crippen LogP contribution in [-0.4, -0.2) is 13.0 Å². The van der Waals surface area contributed by atoms with Gasteiger partial charge in [-0.2, -0.15) is 0 Å². The number of ether oxygens (including phenoxy) is 1. The average Bonchev–Trinajstić information content (AvgIpc) is 2.85. The van der Waals surface area contributed by atoms with Gasteiger partial charge in [-0.1, -0.05) is 12.1 Å². The number of carbonyl (C=O) groups is 1. The maximum Gasteiger partial charge on any atom is 0.251 e. The van der Waals surface area contributed by atoms with E-state index in [0.717, 1.165) is 17.0 Å². The Morgan fingerprint density at radius 1 is 1.17 bits per heavy atom. The van der Waals surface area contributed by atoms with Crippen molar-refractivity contribution in [3.05, 3.63) is 42.4 Å². The van der Waals surface area contributed by atoms with Gasteiger partial charge in [0.25, 0.3) is 5.91 Å². The molecule has 2 heterocycles. The van der Waals surface area contributed by atoms with Crippen LogP contribution in [0.15, 0.2) is 41.2 Å². The van der Waals surface area contributed by atoms with Crippen molar-refractivity contribution in [2.45, 2.75) is 6.04 Å². The van der Waals surface area contributed by atoms with E-state index in [1.165, 1.54) is 6.26 Å². The Balaban J connectivity index is 1.90. The molecule has 1 aromatic carbocycles. The first-order chi connectivity index (χ1) is 8.78. The summed E-state index contributed by atoms with van der Waals surface area (Å²) >= 11 is 0. The molecule has 3 rings (SSSR count). The van der Waals surface area contributed by atoms with Gasteiger partial charge in [-0.15, -0.1) is 0 Å². The van der Waals surface area contributed by atoms with Crippen LogP contribution in [0.1, 0.15) is 11.6 Å². The van der Waals surface area contributed by atoms with Crippen molar-refractivity contribution < 1.29 is 13.9 Å². The molecule has 1 amide bonds. The molecule has 92 valence electrons. The summed E-state index contributed by atoms with van der Waals surface area (Å²) in [4.78, 5) is 12.0. The average molecular weight is 244 g/mol. The predicted octanol–water partition coefficient (Wildman–Crippen LogP) is 2.39. The Bertz CT molecular complexity index is 574. The second-order valence-corrected chi connectivity index (χ2v) is 4.04. The zero-order chi connectivity index (χ0) is 12.5. The second kappa shape index (κ2) is 4.10. The van der Waals surface area contributed by atoms with E-state index < -0.39 is 6.04 Å². The highest BCUT2D eigenvalue weighted by Crippen LogP contribution is 2.33. The van der Waals surface area contributed by atoms with Crippen LogP contribution in [0.2, 0.25) is 0 Å². The van der Waals surface area contributed by atoms with E-state index >= 15 is 0 Å². The Kier molecular flexibility index (Phi) is 2.44. The van der Waals surface area contributed by atoms with Crippen LogP contribution in [0.5, 0.6) is 5.75 Å². The number of hydrogen-bond donors (Lipinski definition) is 2. The highest BCUT2D eigenvalue weighted by molar-refractivity contribution is 6.03. The van der Waals surface area contributed by atoms with Gasteiger partial charge < -0.3 is 19.8 Å². The molecule has 1 unspecified atom stereocenters. The quantitative estimate of drug-likeness (QED) is 0.851. The van der Waals surface area contributed by atoms with Crippen molar-refractivity contribution in [1.82, 2.24) is 0 Å². The molecule has 5 heteroatoms. The zero-order valence-corrected chi connectivity index (χ0v) is 9.77. The summed E-state index contributed by atoms with van der Waals surface area (Å²) in [5, 5.41) is 5.92. The number of nitrogens with one attached hydrogen (secondary N) is 2. The van der Waals surface area contributed by atoms with Crippen LogP contribution in [-0.2, 0) is 4.79 Å². The molecule has 2 N–H and O–H groups in total. The standard InChI is InChI=1S/C13H12N2O3/c1-17-9-4-2-8(3-5-9)12-13(16)15-11-7-18-6-10(11)14-12/h2-7,12,14H,1H3,(H,15,16). The van der Waals surface area contributed by atoms with Crippen molar-refractivity contribution in [3.8, 4) is 5.75 Å². The Morgan fingerprint density at radius 2 is 1.89 bits per heavy atom. The van der Waals surface area contributed by atoms with Crippen molar-refractivity contribution in [3.63, 3.8) is 0 Å². The smallest absolute Gasteiger partial charge is 0.251 e. The SMILES string of the molecule is COc1ccc(C2Nc3cocc3NC2=O)cc1. The third-order valence-electron chi connectivity index (χ3n) is 2.93. The first-order valence-electron chi connectivity index (χ1n) is 5.55. The van der Waals surface area contributed by atoms with Crippen LogP contribution >= 0.6 is 0 Å². The molecule has 2 aromatic rings. The molecule has 18 heavy (non-hydrogen) atoms. The molecule has 5 nitrogen and oxygen atoms in total. The molecule has 0 saturated carbocycles. The third-order valence-corrected chi connectivity index (χ3v) is 2.93. The van der Waals surface area contributed by atoms with Gasteiger partial charge in [0, 0.05) is 0 Å². The van der Waals surface area contributed by atoms with E-state index in [1.54, 1.807) is 13.4 Å². The molecule has 0 saturated heterocycles. The molecule has 0 spiro atoms. The molecule has 0 bridgehead atoms. The van der Waals surface area contributed by atoms with Crippen molar-refractivity contribution in [1.29, 1.82) is 0 Å². The van der Waals surface area contributed by atoms with Gasteiger partial charge in [0.2, 0.25) is 0 Å². The molecule has 1 aliphatic rings. The number of fused-ring (bicyclic) bond motifs is 1. The van der Waals surface area contributed by atoms with E-state index in [-0.39, 0.29) is 5.91 Å². The third kappa shape index (κ3) is 1.69. The Morgan fingerprint density at radius 3 is 2.61 bits per heavy atom. The summed E-state index contributed by atoms with van der Waals surface area (Å²) in [6.45, 7) is 0. The molecule has 0 aliphatic carbocycles. The molecular formula is C13H12N2O3. The van der Waals surface area contributed by atoms with Gasteiger partial charge in [0.05, 0.1) is 12.8 Å². The van der Waals surface area contributed by atoms with E-state index in [9.17, 15) is 4.79 Å². The van der Waals surface area contributed by atoms with Gasteiger partial charge in [-0.05, 0) is 17.7 Å². The number of methoxy groups -OCH3 is 1. The number of rotatable bonds is 2. The van der Waals surface area contributed by atoms with Crippen LogP contribution in [0.25, 0.3) is 0 Å². The minimum absolute atomic E-state index is 0.103. The van der Waals surface area contributed by atoms with Crippen LogP contribution in [0.3, 0.4) is 0 Å². The Labute approximate surface area is 104 Å². The fourth-order valence-electron chi connectivity index (χ4n) is 1.96. The lowest BCUT2D eigenvalue weighted by atomic mass is 10.0. The summed E-state index contributed by atoms with van der Waals surface area (Å²) in [5.41, 5.74) is 2.33. The minimum atomic E-state index is -0.416. The number of furan rings is 1. The largest absolute Gasteiger partial charge is 0.497 e. The maximum atomic E-state index is 12.0. The predicted molar refractivity (Wildman–Crippen MR) is 66.7 cm³/mol. The second-order valence-electron chi connectivity index (χ2n) is 4.04. The summed E-state index contributed by atoms with van der Waals surface area (Å²) in [5.74, 6) is 0.660. The molecule has 1 aliphatic heterocycles. The number of carbonyl (C=O) groups excluding carboxylic acids is 1. The minimum Gasteiger partial charge on any atom is -0.497 e. The molecule has 0 fully saturated rings. The zero-order valence-electron chi connectivity index (χ0n) is 9.77. The first-order valence-corrected chi connectivity index (χ1v) is 5.55. The normalized spacial score (nSPS) is 17.6. The van der Waals surface area contributed by atoms with Crippen molar-refractivity contribution in [2.24, 2.45) is 0 Å². The van der Waals surface area contributed by atoms with E-state index in [4.69, 9.17) is 9.15 Å². The molecule has 1 aromatic heterocycles. The number of anilines is 2. The lowest BCUT2D eigenvalue weighted by Gasteiger charge is -2.24. The van der Waals surface area contributed by atoms with Crippen molar-refractivity contribution in [2.75, 3.05) is 17.7 Å². The summed E-state index contributed by atoms with van der Waals surface area (Å²) in [6, 6.07) is 6.97. The summed E-state index contributed by atoms with van der Waals surface area (Å²) < 4.78 is 10.1. The fourth-order valence-corrected chi connectivity index (χ4v) is 1.96. The van der Waals surface area contributed by atoms with Crippen molar-refractivity contribution >= 4 is 17.3 Å². The van der Waals surface area contributed by atoms with Gasteiger partial charge in [-0.25, -0.2) is 0 Å².